The monoisotopic (exact) mass is 353 g/mol. The van der Waals surface area contributed by atoms with Gasteiger partial charge < -0.3 is 14.2 Å². The number of hydrogen-bond donors (Lipinski definition) is 0. The number of benzene rings is 1. The van der Waals surface area contributed by atoms with Gasteiger partial charge in [0.1, 0.15) is 5.75 Å². The van der Waals surface area contributed by atoms with Crippen LogP contribution < -0.4 is 4.74 Å². The molecule has 1 aromatic carbocycles. The molecule has 1 spiro atoms. The summed E-state index contributed by atoms with van der Waals surface area (Å²) in [4.78, 5) is 2.70. The van der Waals surface area contributed by atoms with Gasteiger partial charge in [-0.1, -0.05) is 12.1 Å². The number of methoxy groups -OCH3 is 1. The van der Waals surface area contributed by atoms with Gasteiger partial charge in [-0.05, 0) is 56.5 Å². The Morgan fingerprint density at radius 3 is 2.29 bits per heavy atom. The van der Waals surface area contributed by atoms with Crippen LogP contribution in [0.4, 0.5) is 0 Å². The molecule has 3 aliphatic rings. The third-order valence-corrected chi connectivity index (χ3v) is 5.97. The first-order valence-corrected chi connectivity index (χ1v) is 8.94. The van der Waals surface area contributed by atoms with Crippen LogP contribution in [0.3, 0.4) is 0 Å². The van der Waals surface area contributed by atoms with Crippen molar-refractivity contribution >= 4 is 12.4 Å². The number of likely N-dealkylation sites (tertiary alicyclic amines) is 1. The van der Waals surface area contributed by atoms with Crippen molar-refractivity contribution in [2.75, 3.05) is 33.4 Å². The fourth-order valence-corrected chi connectivity index (χ4v) is 4.68. The molecule has 1 aliphatic carbocycles. The first kappa shape index (κ1) is 18.0. The second-order valence-electron chi connectivity index (χ2n) is 7.07. The number of nitrogens with zero attached hydrogens (tertiary/aromatic N) is 1. The maximum Gasteiger partial charge on any atom is 0.168 e. The molecule has 24 heavy (non-hydrogen) atoms. The molecule has 134 valence electrons. The van der Waals surface area contributed by atoms with E-state index in [9.17, 15) is 0 Å². The molecule has 0 radical (unpaired) electrons. The van der Waals surface area contributed by atoms with Crippen molar-refractivity contribution in [3.8, 4) is 5.75 Å². The van der Waals surface area contributed by atoms with E-state index in [2.05, 4.69) is 23.1 Å². The van der Waals surface area contributed by atoms with Gasteiger partial charge in [-0.3, -0.25) is 4.90 Å². The largest absolute Gasteiger partial charge is 0.497 e. The molecular formula is C19H28ClNO3. The highest BCUT2D eigenvalue weighted by Crippen LogP contribution is 2.49. The van der Waals surface area contributed by atoms with E-state index in [0.717, 1.165) is 44.6 Å². The van der Waals surface area contributed by atoms with E-state index in [-0.39, 0.29) is 23.7 Å². The summed E-state index contributed by atoms with van der Waals surface area (Å²) in [5.41, 5.74) is 1.51. The Hall–Kier alpha value is -0.810. The average molecular weight is 354 g/mol. The minimum Gasteiger partial charge on any atom is -0.497 e. The quantitative estimate of drug-likeness (QED) is 0.828. The lowest BCUT2D eigenvalue weighted by molar-refractivity contribution is -0.195. The van der Waals surface area contributed by atoms with E-state index in [1.165, 1.54) is 31.5 Å². The predicted molar refractivity (Wildman–Crippen MR) is 95.8 cm³/mol. The molecule has 2 aliphatic heterocycles. The molecule has 5 heteroatoms. The smallest absolute Gasteiger partial charge is 0.168 e. The van der Waals surface area contributed by atoms with Gasteiger partial charge >= 0.3 is 0 Å². The van der Waals surface area contributed by atoms with Gasteiger partial charge in [0.15, 0.2) is 5.79 Å². The standard InChI is InChI=1S/C19H27NO3.ClH/c1-21-17-6-4-5-16(15-17)18(20-11-2-3-12-20)7-9-19(10-8-18)22-13-14-23-19;/h4-6,15H,2-3,7-14H2,1H3;1H. The molecule has 0 N–H and O–H groups in total. The fourth-order valence-electron chi connectivity index (χ4n) is 4.68. The van der Waals surface area contributed by atoms with Crippen LogP contribution in [0.5, 0.6) is 5.75 Å². The highest BCUT2D eigenvalue weighted by Gasteiger charge is 2.49. The van der Waals surface area contributed by atoms with Crippen LogP contribution in [-0.2, 0) is 15.0 Å². The first-order valence-electron chi connectivity index (χ1n) is 8.94. The van der Waals surface area contributed by atoms with Crippen molar-refractivity contribution in [1.29, 1.82) is 0 Å². The highest BCUT2D eigenvalue weighted by molar-refractivity contribution is 5.85. The summed E-state index contributed by atoms with van der Waals surface area (Å²) in [5, 5.41) is 0. The maximum absolute atomic E-state index is 5.95. The second kappa shape index (κ2) is 7.20. The average Bonchev–Trinajstić information content (AvgIpc) is 3.29. The van der Waals surface area contributed by atoms with Crippen molar-refractivity contribution < 1.29 is 14.2 Å². The van der Waals surface area contributed by atoms with Crippen LogP contribution in [-0.4, -0.2) is 44.1 Å². The van der Waals surface area contributed by atoms with Crippen LogP contribution in [0.25, 0.3) is 0 Å². The van der Waals surface area contributed by atoms with Crippen LogP contribution in [0.15, 0.2) is 24.3 Å². The summed E-state index contributed by atoms with van der Waals surface area (Å²) >= 11 is 0. The Balaban J connectivity index is 0.00000169. The van der Waals surface area contributed by atoms with Crippen LogP contribution >= 0.6 is 12.4 Å². The van der Waals surface area contributed by atoms with Crippen molar-refractivity contribution in [2.45, 2.75) is 49.9 Å². The minimum absolute atomic E-state index is 0. The lowest BCUT2D eigenvalue weighted by Gasteiger charge is -2.49. The van der Waals surface area contributed by atoms with Crippen LogP contribution in [0, 0.1) is 0 Å². The lowest BCUT2D eigenvalue weighted by atomic mass is 9.73. The zero-order valence-electron chi connectivity index (χ0n) is 14.5. The van der Waals surface area contributed by atoms with E-state index in [1.807, 2.05) is 6.07 Å². The van der Waals surface area contributed by atoms with Gasteiger partial charge in [0, 0.05) is 18.4 Å². The number of halogens is 1. The summed E-state index contributed by atoms with van der Waals surface area (Å²) < 4.78 is 17.4. The Labute approximate surface area is 150 Å². The third kappa shape index (κ3) is 3.05. The normalized spacial score (nSPS) is 25.5. The van der Waals surface area contributed by atoms with Crippen molar-refractivity contribution in [3.63, 3.8) is 0 Å². The molecule has 3 fully saturated rings. The van der Waals surface area contributed by atoms with E-state index < -0.39 is 0 Å². The summed E-state index contributed by atoms with van der Waals surface area (Å²) in [6.07, 6.45) is 6.79. The number of ether oxygens (including phenoxy) is 3. The van der Waals surface area contributed by atoms with Gasteiger partial charge in [0.25, 0.3) is 0 Å². The zero-order chi connectivity index (χ0) is 15.8. The van der Waals surface area contributed by atoms with Crippen LogP contribution in [0.2, 0.25) is 0 Å². The van der Waals surface area contributed by atoms with Gasteiger partial charge in [0.2, 0.25) is 0 Å². The molecule has 4 rings (SSSR count). The molecule has 1 aromatic rings. The molecule has 0 unspecified atom stereocenters. The topological polar surface area (TPSA) is 30.9 Å². The molecule has 0 bridgehead atoms. The maximum atomic E-state index is 5.95. The molecular weight excluding hydrogens is 326 g/mol. The second-order valence-corrected chi connectivity index (χ2v) is 7.07. The molecule has 2 heterocycles. The van der Waals surface area contributed by atoms with E-state index in [1.54, 1.807) is 7.11 Å². The highest BCUT2D eigenvalue weighted by atomic mass is 35.5. The fraction of sp³-hybridized carbons (Fsp3) is 0.684. The SMILES string of the molecule is COc1cccc(C2(N3CCCC3)CCC3(CC2)OCCO3)c1.Cl. The van der Waals surface area contributed by atoms with Gasteiger partial charge in [-0.25, -0.2) is 0 Å². The Morgan fingerprint density at radius 1 is 1.00 bits per heavy atom. The van der Waals surface area contributed by atoms with Crippen molar-refractivity contribution in [3.05, 3.63) is 29.8 Å². The van der Waals surface area contributed by atoms with Gasteiger partial charge in [-0.2, -0.15) is 0 Å². The molecule has 0 aromatic heterocycles. The Bertz CT molecular complexity index is 543. The van der Waals surface area contributed by atoms with Crippen molar-refractivity contribution in [1.82, 2.24) is 4.90 Å². The van der Waals surface area contributed by atoms with Gasteiger partial charge in [-0.15, -0.1) is 12.4 Å². The lowest BCUT2D eigenvalue weighted by Crippen LogP contribution is -2.51. The summed E-state index contributed by atoms with van der Waals surface area (Å²) in [7, 11) is 1.75. The zero-order valence-corrected chi connectivity index (χ0v) is 15.3. The molecule has 4 nitrogen and oxygen atoms in total. The Morgan fingerprint density at radius 2 is 1.67 bits per heavy atom. The number of rotatable bonds is 3. The van der Waals surface area contributed by atoms with E-state index >= 15 is 0 Å². The van der Waals surface area contributed by atoms with Crippen LogP contribution in [0.1, 0.15) is 44.1 Å². The Kier molecular flexibility index (Phi) is 5.40. The van der Waals surface area contributed by atoms with E-state index in [4.69, 9.17) is 14.2 Å². The van der Waals surface area contributed by atoms with E-state index in [0.29, 0.717) is 0 Å². The van der Waals surface area contributed by atoms with Crippen molar-refractivity contribution in [2.24, 2.45) is 0 Å². The summed E-state index contributed by atoms with van der Waals surface area (Å²) in [6, 6.07) is 8.66. The first-order chi connectivity index (χ1) is 11.3. The predicted octanol–water partition coefficient (Wildman–Crippen LogP) is 3.73. The molecule has 0 amide bonds. The summed E-state index contributed by atoms with van der Waals surface area (Å²) in [6.45, 7) is 3.89. The molecule has 2 saturated heterocycles. The molecule has 0 atom stereocenters. The minimum atomic E-state index is -0.303. The number of hydrogen-bond acceptors (Lipinski definition) is 4. The van der Waals surface area contributed by atoms with Gasteiger partial charge in [0.05, 0.1) is 20.3 Å². The molecule has 1 saturated carbocycles. The summed E-state index contributed by atoms with van der Waals surface area (Å²) in [5.74, 6) is 0.650. The third-order valence-electron chi connectivity index (χ3n) is 5.97.